The Bertz CT molecular complexity index is 1490. The molecule has 1 saturated heterocycles. The SMILES string of the molecule is Cc1cccc(N(C)C(=O)C2(N(C)C(=O)[C@@H]3[C@H]4CC[C@H](C4)N3c3nc(C(F)(F)F)cc(C(F)(F)F)c3C#N)CCCCC2)c1. The summed E-state index contributed by atoms with van der Waals surface area (Å²) < 4.78 is 83.4. The van der Waals surface area contributed by atoms with Gasteiger partial charge in [0.05, 0.1) is 5.56 Å². The summed E-state index contributed by atoms with van der Waals surface area (Å²) in [6.45, 7) is 1.89. The standard InChI is InChI=1S/C31H33F6N5O2/c1-18-8-7-9-20(14-18)40(2)28(44)29(12-5-4-6-13-29)41(3)27(43)25-19-10-11-21(15-19)42(25)26-22(17-38)23(30(32,33)34)16-24(39-26)31(35,36)37/h7-9,14,16,19,21,25H,4-6,10-13,15H2,1-3H3/t19-,21+,25-/m0/s1. The minimum Gasteiger partial charge on any atom is -0.340 e. The van der Waals surface area contributed by atoms with Gasteiger partial charge in [-0.1, -0.05) is 31.4 Å². The van der Waals surface area contributed by atoms with Crippen molar-refractivity contribution in [2.24, 2.45) is 5.92 Å². The van der Waals surface area contributed by atoms with Crippen molar-refractivity contribution in [1.82, 2.24) is 9.88 Å². The number of benzene rings is 1. The molecule has 7 nitrogen and oxygen atoms in total. The molecule has 2 aromatic rings. The maximum atomic E-state index is 14.5. The van der Waals surface area contributed by atoms with E-state index < -0.39 is 64.4 Å². The summed E-state index contributed by atoms with van der Waals surface area (Å²) in [6, 6.07) is 6.83. The first-order valence-electron chi connectivity index (χ1n) is 14.6. The fourth-order valence-corrected chi connectivity index (χ4v) is 7.31. The van der Waals surface area contributed by atoms with Crippen molar-refractivity contribution in [2.75, 3.05) is 23.9 Å². The molecular formula is C31H33F6N5O2. The van der Waals surface area contributed by atoms with Crippen LogP contribution in [-0.2, 0) is 21.9 Å². The Labute approximate surface area is 251 Å². The number of pyridine rings is 1. The summed E-state index contributed by atoms with van der Waals surface area (Å²) in [5.41, 5.74) is -4.30. The van der Waals surface area contributed by atoms with Crippen molar-refractivity contribution < 1.29 is 35.9 Å². The molecule has 0 unspecified atom stereocenters. The molecule has 2 bridgehead atoms. The number of alkyl halides is 6. The van der Waals surface area contributed by atoms with Gasteiger partial charge in [0.1, 0.15) is 34.7 Å². The van der Waals surface area contributed by atoms with Crippen molar-refractivity contribution in [2.45, 2.75) is 88.3 Å². The fourth-order valence-electron chi connectivity index (χ4n) is 7.31. The van der Waals surface area contributed by atoms with Crippen LogP contribution in [0.3, 0.4) is 0 Å². The molecule has 2 amide bonds. The van der Waals surface area contributed by atoms with E-state index in [2.05, 4.69) is 4.98 Å². The quantitative estimate of drug-likeness (QED) is 0.357. The lowest BCUT2D eigenvalue weighted by Crippen LogP contribution is -2.64. The summed E-state index contributed by atoms with van der Waals surface area (Å²) >= 11 is 0. The molecule has 0 N–H and O–H groups in total. The van der Waals surface area contributed by atoms with E-state index in [9.17, 15) is 41.2 Å². The van der Waals surface area contributed by atoms with Gasteiger partial charge in [0.25, 0.3) is 5.91 Å². The number of rotatable bonds is 5. The van der Waals surface area contributed by atoms with Crippen molar-refractivity contribution in [3.05, 3.63) is 52.7 Å². The summed E-state index contributed by atoms with van der Waals surface area (Å²) in [7, 11) is 3.12. The minimum absolute atomic E-state index is 0.157. The van der Waals surface area contributed by atoms with Crippen LogP contribution >= 0.6 is 0 Å². The van der Waals surface area contributed by atoms with Crippen molar-refractivity contribution >= 4 is 23.3 Å². The zero-order chi connectivity index (χ0) is 32.2. The first-order valence-corrected chi connectivity index (χ1v) is 14.6. The van der Waals surface area contributed by atoms with Crippen LogP contribution in [0.2, 0.25) is 0 Å². The molecule has 2 saturated carbocycles. The average molecular weight is 622 g/mol. The van der Waals surface area contributed by atoms with E-state index in [-0.39, 0.29) is 12.0 Å². The van der Waals surface area contributed by atoms with E-state index in [4.69, 9.17) is 0 Å². The van der Waals surface area contributed by atoms with Gasteiger partial charge in [-0.3, -0.25) is 9.59 Å². The number of nitriles is 1. The predicted molar refractivity (Wildman–Crippen MR) is 150 cm³/mol. The molecule has 2 heterocycles. The second kappa shape index (κ2) is 11.3. The van der Waals surface area contributed by atoms with E-state index in [0.29, 0.717) is 50.6 Å². The molecule has 1 aliphatic heterocycles. The lowest BCUT2D eigenvalue weighted by atomic mass is 9.78. The largest absolute Gasteiger partial charge is 0.433 e. The minimum atomic E-state index is -5.27. The topological polar surface area (TPSA) is 80.5 Å². The van der Waals surface area contributed by atoms with Gasteiger partial charge >= 0.3 is 12.4 Å². The molecule has 0 radical (unpaired) electrons. The number of fused-ring (bicyclic) bond motifs is 2. The first kappa shape index (κ1) is 31.6. The predicted octanol–water partition coefficient (Wildman–Crippen LogP) is 6.48. The monoisotopic (exact) mass is 621 g/mol. The number of halogens is 6. The number of hydrogen-bond donors (Lipinski definition) is 0. The van der Waals surface area contributed by atoms with Crippen LogP contribution in [0.15, 0.2) is 30.3 Å². The summed E-state index contributed by atoms with van der Waals surface area (Å²) in [4.78, 5) is 36.3. The zero-order valence-electron chi connectivity index (χ0n) is 24.6. The van der Waals surface area contributed by atoms with Gasteiger partial charge < -0.3 is 14.7 Å². The van der Waals surface area contributed by atoms with Crippen LogP contribution in [0.25, 0.3) is 0 Å². The van der Waals surface area contributed by atoms with E-state index in [1.54, 1.807) is 13.1 Å². The first-order chi connectivity index (χ1) is 20.6. The number of hydrogen-bond acceptors (Lipinski definition) is 5. The molecule has 236 valence electrons. The smallest absolute Gasteiger partial charge is 0.340 e. The number of nitrogens with zero attached hydrogens (tertiary/aromatic N) is 5. The fraction of sp³-hybridized carbons (Fsp3) is 0.548. The zero-order valence-corrected chi connectivity index (χ0v) is 24.6. The van der Waals surface area contributed by atoms with Crippen molar-refractivity contribution in [1.29, 1.82) is 5.26 Å². The maximum absolute atomic E-state index is 14.5. The lowest BCUT2D eigenvalue weighted by Gasteiger charge is -2.47. The number of carbonyl (C=O) groups excluding carboxylic acids is 2. The Balaban J connectivity index is 1.58. The molecular weight excluding hydrogens is 588 g/mol. The third-order valence-corrected chi connectivity index (χ3v) is 9.54. The third kappa shape index (κ3) is 5.37. The lowest BCUT2D eigenvalue weighted by molar-refractivity contribution is -0.148. The van der Waals surface area contributed by atoms with Crippen LogP contribution in [-0.4, -0.2) is 53.4 Å². The number of anilines is 2. The molecule has 44 heavy (non-hydrogen) atoms. The molecule has 3 atom stereocenters. The maximum Gasteiger partial charge on any atom is 0.433 e. The van der Waals surface area contributed by atoms with E-state index in [0.717, 1.165) is 12.0 Å². The third-order valence-electron chi connectivity index (χ3n) is 9.54. The van der Waals surface area contributed by atoms with Crippen LogP contribution in [0, 0.1) is 24.2 Å². The van der Waals surface area contributed by atoms with Crippen LogP contribution in [0.1, 0.15) is 73.8 Å². The van der Waals surface area contributed by atoms with Gasteiger partial charge in [-0.15, -0.1) is 0 Å². The Morgan fingerprint density at radius 3 is 2.30 bits per heavy atom. The Morgan fingerprint density at radius 2 is 1.70 bits per heavy atom. The molecule has 13 heteroatoms. The van der Waals surface area contributed by atoms with Crippen LogP contribution in [0.5, 0.6) is 0 Å². The Morgan fingerprint density at radius 1 is 1.02 bits per heavy atom. The Kier molecular flexibility index (Phi) is 8.10. The summed E-state index contributed by atoms with van der Waals surface area (Å²) in [5.74, 6) is -2.09. The van der Waals surface area contributed by atoms with Gasteiger partial charge in [-0.2, -0.15) is 31.6 Å². The molecule has 1 aromatic heterocycles. The molecule has 3 aliphatic rings. The van der Waals surface area contributed by atoms with E-state index >= 15 is 0 Å². The summed E-state index contributed by atoms with van der Waals surface area (Å²) in [6.07, 6.45) is -6.31. The Hall–Kier alpha value is -3.82. The number of likely N-dealkylation sites (N-methyl/N-ethyl adjacent to an activating group) is 2. The second-order valence-electron chi connectivity index (χ2n) is 12.1. The number of aromatic nitrogens is 1. The number of amides is 2. The highest BCUT2D eigenvalue weighted by atomic mass is 19.4. The van der Waals surface area contributed by atoms with Gasteiger partial charge in [0, 0.05) is 25.8 Å². The number of piperidine rings is 1. The molecule has 5 rings (SSSR count). The van der Waals surface area contributed by atoms with Gasteiger partial charge in [0.15, 0.2) is 0 Å². The van der Waals surface area contributed by atoms with Crippen LogP contribution < -0.4 is 9.80 Å². The summed E-state index contributed by atoms with van der Waals surface area (Å²) in [5, 5.41) is 9.78. The molecule has 3 fully saturated rings. The van der Waals surface area contributed by atoms with E-state index in [1.165, 1.54) is 27.8 Å². The van der Waals surface area contributed by atoms with Crippen LogP contribution in [0.4, 0.5) is 37.8 Å². The van der Waals surface area contributed by atoms with Gasteiger partial charge in [-0.25, -0.2) is 4.98 Å². The highest BCUT2D eigenvalue weighted by molar-refractivity contribution is 6.03. The van der Waals surface area contributed by atoms with E-state index in [1.807, 2.05) is 25.1 Å². The number of carbonyl (C=O) groups is 2. The molecule has 0 spiro atoms. The van der Waals surface area contributed by atoms with Crippen molar-refractivity contribution in [3.63, 3.8) is 0 Å². The molecule has 2 aliphatic carbocycles. The highest BCUT2D eigenvalue weighted by Crippen LogP contribution is 2.49. The molecule has 1 aromatic carbocycles. The van der Waals surface area contributed by atoms with Crippen molar-refractivity contribution in [3.8, 4) is 6.07 Å². The average Bonchev–Trinajstić information content (AvgIpc) is 3.60. The normalized spacial score (nSPS) is 22.9. The second-order valence-corrected chi connectivity index (χ2v) is 12.1. The van der Waals surface area contributed by atoms with Gasteiger partial charge in [0.2, 0.25) is 5.91 Å². The number of aryl methyl sites for hydroxylation is 1. The highest BCUT2D eigenvalue weighted by Gasteiger charge is 2.56. The van der Waals surface area contributed by atoms with Gasteiger partial charge in [-0.05, 0) is 68.7 Å².